The number of hydrogen-bond donors (Lipinski definition) is 1. The molecular formula is C10H10O4. The minimum Gasteiger partial charge on any atom is -0.478 e. The normalized spacial score (nSPS) is 9.79. The first kappa shape index (κ1) is 10.4. The second-order valence-electron chi connectivity index (χ2n) is 2.74. The van der Waals surface area contributed by atoms with Gasteiger partial charge < -0.3 is 9.84 Å². The molecule has 1 N–H and O–H groups in total. The summed E-state index contributed by atoms with van der Waals surface area (Å²) in [5.41, 5.74) is 0.457. The third kappa shape index (κ3) is 2.40. The van der Waals surface area contributed by atoms with Crippen molar-refractivity contribution in [1.29, 1.82) is 0 Å². The lowest BCUT2D eigenvalue weighted by Crippen LogP contribution is -2.08. The Balaban J connectivity index is 2.93. The van der Waals surface area contributed by atoms with Crippen LogP contribution in [0.2, 0.25) is 0 Å². The van der Waals surface area contributed by atoms with Gasteiger partial charge in [-0.25, -0.2) is 4.79 Å². The van der Waals surface area contributed by atoms with Gasteiger partial charge in [-0.2, -0.15) is 0 Å². The Labute approximate surface area is 81.1 Å². The van der Waals surface area contributed by atoms with E-state index in [1.807, 2.05) is 0 Å². The van der Waals surface area contributed by atoms with Crippen molar-refractivity contribution >= 4 is 11.8 Å². The highest BCUT2D eigenvalue weighted by atomic mass is 16.5. The molecule has 0 atom stereocenters. The van der Waals surface area contributed by atoms with Crippen LogP contribution >= 0.6 is 0 Å². The van der Waals surface area contributed by atoms with E-state index in [1.54, 1.807) is 6.07 Å². The highest BCUT2D eigenvalue weighted by Gasteiger charge is 2.08. The van der Waals surface area contributed by atoms with E-state index in [9.17, 15) is 9.59 Å². The smallest absolute Gasteiger partial charge is 0.335 e. The third-order valence-electron chi connectivity index (χ3n) is 1.71. The molecule has 0 aliphatic rings. The monoisotopic (exact) mass is 194 g/mol. The SMILES string of the molecule is COCC(=O)c1cccc(C(=O)O)c1. The Morgan fingerprint density at radius 3 is 2.57 bits per heavy atom. The number of benzene rings is 1. The van der Waals surface area contributed by atoms with Crippen molar-refractivity contribution in [2.24, 2.45) is 0 Å². The molecule has 0 heterocycles. The Hall–Kier alpha value is -1.68. The Morgan fingerprint density at radius 2 is 2.00 bits per heavy atom. The van der Waals surface area contributed by atoms with Crippen LogP contribution in [0.5, 0.6) is 0 Å². The number of aromatic carboxylic acids is 1. The molecule has 0 saturated carbocycles. The number of Topliss-reactive ketones (excluding diaryl/α,β-unsaturated/α-hetero) is 1. The highest BCUT2D eigenvalue weighted by Crippen LogP contribution is 2.06. The second kappa shape index (κ2) is 4.53. The largest absolute Gasteiger partial charge is 0.478 e. The first-order valence-corrected chi connectivity index (χ1v) is 4.00. The molecule has 1 rings (SSSR count). The van der Waals surface area contributed by atoms with Gasteiger partial charge in [0.05, 0.1) is 5.56 Å². The fourth-order valence-electron chi connectivity index (χ4n) is 1.04. The van der Waals surface area contributed by atoms with Gasteiger partial charge in [0, 0.05) is 12.7 Å². The molecule has 0 saturated heterocycles. The summed E-state index contributed by atoms with van der Waals surface area (Å²) < 4.78 is 4.66. The van der Waals surface area contributed by atoms with Crippen molar-refractivity contribution in [2.75, 3.05) is 13.7 Å². The number of rotatable bonds is 4. The lowest BCUT2D eigenvalue weighted by Gasteiger charge is -2.00. The van der Waals surface area contributed by atoms with Gasteiger partial charge in [-0.05, 0) is 12.1 Å². The van der Waals surface area contributed by atoms with Crippen LogP contribution < -0.4 is 0 Å². The summed E-state index contributed by atoms with van der Waals surface area (Å²) in [5, 5.41) is 8.68. The fourth-order valence-corrected chi connectivity index (χ4v) is 1.04. The first-order chi connectivity index (χ1) is 6.65. The van der Waals surface area contributed by atoms with Crippen LogP contribution in [0.15, 0.2) is 24.3 Å². The summed E-state index contributed by atoms with van der Waals surface area (Å²) in [6.07, 6.45) is 0. The maximum Gasteiger partial charge on any atom is 0.335 e. The van der Waals surface area contributed by atoms with E-state index in [0.29, 0.717) is 5.56 Å². The molecule has 1 aromatic carbocycles. The molecule has 4 nitrogen and oxygen atoms in total. The number of carboxylic acid groups (broad SMARTS) is 1. The molecule has 14 heavy (non-hydrogen) atoms. The average Bonchev–Trinajstić information content (AvgIpc) is 2.18. The summed E-state index contributed by atoms with van der Waals surface area (Å²) in [7, 11) is 1.42. The summed E-state index contributed by atoms with van der Waals surface area (Å²) >= 11 is 0. The second-order valence-corrected chi connectivity index (χ2v) is 2.74. The molecule has 4 heteroatoms. The van der Waals surface area contributed by atoms with Crippen molar-refractivity contribution < 1.29 is 19.4 Å². The van der Waals surface area contributed by atoms with Gasteiger partial charge >= 0.3 is 5.97 Å². The molecule has 0 radical (unpaired) electrons. The zero-order chi connectivity index (χ0) is 10.6. The molecule has 0 amide bonds. The minimum atomic E-state index is -1.04. The van der Waals surface area contributed by atoms with Crippen molar-refractivity contribution in [3.05, 3.63) is 35.4 Å². The lowest BCUT2D eigenvalue weighted by molar-refractivity contribution is 0.0697. The van der Waals surface area contributed by atoms with E-state index < -0.39 is 5.97 Å². The maximum atomic E-state index is 11.3. The predicted octanol–water partition coefficient (Wildman–Crippen LogP) is 1.21. The Bertz CT molecular complexity index is 357. The average molecular weight is 194 g/mol. The van der Waals surface area contributed by atoms with Crippen molar-refractivity contribution in [2.45, 2.75) is 0 Å². The van der Waals surface area contributed by atoms with E-state index in [0.717, 1.165) is 0 Å². The number of carboxylic acids is 1. The highest BCUT2D eigenvalue weighted by molar-refractivity contribution is 5.99. The Kier molecular flexibility index (Phi) is 3.36. The van der Waals surface area contributed by atoms with Crippen molar-refractivity contribution in [3.63, 3.8) is 0 Å². The van der Waals surface area contributed by atoms with Gasteiger partial charge in [0.1, 0.15) is 6.61 Å². The van der Waals surface area contributed by atoms with Gasteiger partial charge in [0.25, 0.3) is 0 Å². The molecule has 0 fully saturated rings. The quantitative estimate of drug-likeness (QED) is 0.732. The molecule has 74 valence electrons. The lowest BCUT2D eigenvalue weighted by atomic mass is 10.1. The molecule has 0 aliphatic heterocycles. The summed E-state index contributed by atoms with van der Waals surface area (Å²) in [6.45, 7) is -0.0386. The van der Waals surface area contributed by atoms with Gasteiger partial charge in [-0.3, -0.25) is 4.79 Å². The molecule has 0 spiro atoms. The van der Waals surface area contributed by atoms with E-state index in [1.165, 1.54) is 25.3 Å². The first-order valence-electron chi connectivity index (χ1n) is 4.00. The standard InChI is InChI=1S/C10H10O4/c1-14-6-9(11)7-3-2-4-8(5-7)10(12)13/h2-5H,6H2,1H3,(H,12,13). The van der Waals surface area contributed by atoms with Gasteiger partial charge in [0.15, 0.2) is 5.78 Å². The Morgan fingerprint density at radius 1 is 1.36 bits per heavy atom. The van der Waals surface area contributed by atoms with E-state index >= 15 is 0 Å². The zero-order valence-corrected chi connectivity index (χ0v) is 7.69. The summed E-state index contributed by atoms with van der Waals surface area (Å²) in [4.78, 5) is 21.9. The molecule has 1 aromatic rings. The number of carbonyl (C=O) groups excluding carboxylic acids is 1. The van der Waals surface area contributed by atoms with Crippen LogP contribution in [-0.4, -0.2) is 30.6 Å². The zero-order valence-electron chi connectivity index (χ0n) is 7.69. The van der Waals surface area contributed by atoms with E-state index in [2.05, 4.69) is 4.74 Å². The minimum absolute atomic E-state index is 0.0386. The number of carbonyl (C=O) groups is 2. The van der Waals surface area contributed by atoms with Crippen molar-refractivity contribution in [1.82, 2.24) is 0 Å². The van der Waals surface area contributed by atoms with Crippen molar-refractivity contribution in [3.8, 4) is 0 Å². The fraction of sp³-hybridized carbons (Fsp3) is 0.200. The van der Waals surface area contributed by atoms with Crippen LogP contribution in [0, 0.1) is 0 Å². The predicted molar refractivity (Wildman–Crippen MR) is 49.6 cm³/mol. The topological polar surface area (TPSA) is 63.6 Å². The number of methoxy groups -OCH3 is 1. The van der Waals surface area contributed by atoms with E-state index in [4.69, 9.17) is 5.11 Å². The molecular weight excluding hydrogens is 184 g/mol. The molecule has 0 bridgehead atoms. The van der Waals surface area contributed by atoms with Crippen LogP contribution in [0.3, 0.4) is 0 Å². The number of hydrogen-bond acceptors (Lipinski definition) is 3. The van der Waals surface area contributed by atoms with Gasteiger partial charge in [-0.1, -0.05) is 12.1 Å². The van der Waals surface area contributed by atoms with Crippen LogP contribution in [0.4, 0.5) is 0 Å². The van der Waals surface area contributed by atoms with Crippen LogP contribution in [0.25, 0.3) is 0 Å². The van der Waals surface area contributed by atoms with Gasteiger partial charge in [-0.15, -0.1) is 0 Å². The number of ketones is 1. The number of ether oxygens (including phenoxy) is 1. The summed E-state index contributed by atoms with van der Waals surface area (Å²) in [5.74, 6) is -1.27. The maximum absolute atomic E-state index is 11.3. The van der Waals surface area contributed by atoms with E-state index in [-0.39, 0.29) is 18.0 Å². The van der Waals surface area contributed by atoms with Crippen LogP contribution in [-0.2, 0) is 4.74 Å². The van der Waals surface area contributed by atoms with Crippen LogP contribution in [0.1, 0.15) is 20.7 Å². The molecule has 0 aliphatic carbocycles. The molecule has 0 aromatic heterocycles. The van der Waals surface area contributed by atoms with Gasteiger partial charge in [0.2, 0.25) is 0 Å². The molecule has 0 unspecified atom stereocenters. The third-order valence-corrected chi connectivity index (χ3v) is 1.71. The summed E-state index contributed by atoms with van der Waals surface area (Å²) in [6, 6.07) is 5.87.